The number of rotatable bonds is 3. The average molecular weight is 353 g/mol. The third-order valence-corrected chi connectivity index (χ3v) is 4.94. The number of hydrogen-bond donors (Lipinski definition) is 1. The molecule has 1 fully saturated rings. The zero-order chi connectivity index (χ0) is 17.9. The van der Waals surface area contributed by atoms with Gasteiger partial charge in [-0.3, -0.25) is 4.90 Å². The van der Waals surface area contributed by atoms with Crippen LogP contribution in [0.2, 0.25) is 0 Å². The summed E-state index contributed by atoms with van der Waals surface area (Å²) in [6.45, 7) is 6.51. The van der Waals surface area contributed by atoms with Gasteiger partial charge in [-0.15, -0.1) is 0 Å². The molecule has 2 aliphatic rings. The van der Waals surface area contributed by atoms with Gasteiger partial charge in [-0.1, -0.05) is 24.3 Å². The van der Waals surface area contributed by atoms with Crippen molar-refractivity contribution in [2.24, 2.45) is 0 Å². The molecule has 6 nitrogen and oxygen atoms in total. The fourth-order valence-corrected chi connectivity index (χ4v) is 3.31. The van der Waals surface area contributed by atoms with Crippen LogP contribution in [0.25, 0.3) is 0 Å². The van der Waals surface area contributed by atoms with E-state index < -0.39 is 0 Å². The third-order valence-electron chi connectivity index (χ3n) is 4.94. The molecule has 1 N–H and O–H groups in total. The van der Waals surface area contributed by atoms with Gasteiger partial charge in [-0.05, 0) is 30.2 Å². The second-order valence-electron chi connectivity index (χ2n) is 6.69. The Balaban J connectivity index is 1.30. The fourth-order valence-electron chi connectivity index (χ4n) is 3.31. The number of hydrogen-bond acceptors (Lipinski definition) is 4. The van der Waals surface area contributed by atoms with E-state index in [-0.39, 0.29) is 12.8 Å². The Morgan fingerprint density at radius 3 is 2.62 bits per heavy atom. The Bertz CT molecular complexity index is 801. The van der Waals surface area contributed by atoms with E-state index in [0.29, 0.717) is 11.5 Å². The number of piperazine rings is 1. The van der Waals surface area contributed by atoms with E-state index >= 15 is 0 Å². The summed E-state index contributed by atoms with van der Waals surface area (Å²) in [5, 5.41) is 2.95. The highest BCUT2D eigenvalue weighted by atomic mass is 16.7. The minimum absolute atomic E-state index is 0.0700. The number of fused-ring (bicyclic) bond motifs is 1. The molecule has 0 aliphatic carbocycles. The van der Waals surface area contributed by atoms with Crippen LogP contribution in [0.4, 0.5) is 10.5 Å². The lowest BCUT2D eigenvalue weighted by atomic mass is 10.1. The summed E-state index contributed by atoms with van der Waals surface area (Å²) < 4.78 is 10.6. The number of carbonyl (C=O) groups excluding carboxylic acids is 1. The Kier molecular flexibility index (Phi) is 4.67. The highest BCUT2D eigenvalue weighted by Crippen LogP contribution is 2.34. The largest absolute Gasteiger partial charge is 0.454 e. The smallest absolute Gasteiger partial charge is 0.321 e. The molecule has 0 bridgehead atoms. The SMILES string of the molecule is Cc1ccccc1CN1CCN(C(=O)Nc2ccc3c(c2)OCO3)CC1. The van der Waals surface area contributed by atoms with Crippen LogP contribution in [0.3, 0.4) is 0 Å². The molecule has 2 amide bonds. The lowest BCUT2D eigenvalue weighted by Gasteiger charge is -2.35. The predicted molar refractivity (Wildman–Crippen MR) is 99.6 cm³/mol. The van der Waals surface area contributed by atoms with Crippen LogP contribution in [0.5, 0.6) is 11.5 Å². The number of urea groups is 1. The molecule has 136 valence electrons. The Labute approximate surface area is 153 Å². The Morgan fingerprint density at radius 2 is 1.81 bits per heavy atom. The topological polar surface area (TPSA) is 54.0 Å². The zero-order valence-corrected chi connectivity index (χ0v) is 14.9. The van der Waals surface area contributed by atoms with Gasteiger partial charge >= 0.3 is 6.03 Å². The molecule has 6 heteroatoms. The van der Waals surface area contributed by atoms with Crippen molar-refractivity contribution in [2.45, 2.75) is 13.5 Å². The predicted octanol–water partition coefficient (Wildman–Crippen LogP) is 3.07. The minimum atomic E-state index is -0.0700. The molecule has 4 rings (SSSR count). The van der Waals surface area contributed by atoms with Crippen molar-refractivity contribution in [2.75, 3.05) is 38.3 Å². The van der Waals surface area contributed by atoms with Gasteiger partial charge in [0.05, 0.1) is 0 Å². The number of ether oxygens (including phenoxy) is 2. The summed E-state index contributed by atoms with van der Waals surface area (Å²) >= 11 is 0. The zero-order valence-electron chi connectivity index (χ0n) is 14.9. The molecule has 1 saturated heterocycles. The van der Waals surface area contributed by atoms with Crippen LogP contribution >= 0.6 is 0 Å². The number of carbonyl (C=O) groups is 1. The molecule has 2 aliphatic heterocycles. The minimum Gasteiger partial charge on any atom is -0.454 e. The van der Waals surface area contributed by atoms with Gasteiger partial charge in [0, 0.05) is 44.5 Å². The molecule has 2 aromatic carbocycles. The summed E-state index contributed by atoms with van der Waals surface area (Å²) in [6, 6.07) is 13.8. The van der Waals surface area contributed by atoms with Crippen molar-refractivity contribution >= 4 is 11.7 Å². The van der Waals surface area contributed by atoms with Crippen molar-refractivity contribution in [1.29, 1.82) is 0 Å². The maximum Gasteiger partial charge on any atom is 0.321 e. The maximum absolute atomic E-state index is 12.5. The van der Waals surface area contributed by atoms with E-state index in [4.69, 9.17) is 9.47 Å². The Morgan fingerprint density at radius 1 is 1.04 bits per heavy atom. The molecule has 2 heterocycles. The summed E-state index contributed by atoms with van der Waals surface area (Å²) in [5.41, 5.74) is 3.39. The third kappa shape index (κ3) is 3.60. The van der Waals surface area contributed by atoms with E-state index in [1.807, 2.05) is 17.0 Å². The summed E-state index contributed by atoms with van der Waals surface area (Å²) in [5.74, 6) is 1.39. The molecule has 0 saturated carbocycles. The van der Waals surface area contributed by atoms with E-state index in [9.17, 15) is 4.79 Å². The second kappa shape index (κ2) is 7.25. The van der Waals surface area contributed by atoms with E-state index in [1.54, 1.807) is 6.07 Å². The monoisotopic (exact) mass is 353 g/mol. The molecule has 0 aromatic heterocycles. The summed E-state index contributed by atoms with van der Waals surface area (Å²) in [7, 11) is 0. The number of nitrogens with one attached hydrogen (secondary N) is 1. The van der Waals surface area contributed by atoms with Crippen molar-refractivity contribution in [3.8, 4) is 11.5 Å². The van der Waals surface area contributed by atoms with Crippen molar-refractivity contribution < 1.29 is 14.3 Å². The summed E-state index contributed by atoms with van der Waals surface area (Å²) in [4.78, 5) is 16.8. The summed E-state index contributed by atoms with van der Waals surface area (Å²) in [6.07, 6.45) is 0. The van der Waals surface area contributed by atoms with E-state index in [1.165, 1.54) is 11.1 Å². The molecule has 2 aromatic rings. The molecule has 0 atom stereocenters. The first-order valence-electron chi connectivity index (χ1n) is 8.91. The number of nitrogens with zero attached hydrogens (tertiary/aromatic N) is 2. The maximum atomic E-state index is 12.5. The van der Waals surface area contributed by atoms with Gasteiger partial charge in [0.1, 0.15) is 0 Å². The van der Waals surface area contributed by atoms with Crippen LogP contribution in [0.1, 0.15) is 11.1 Å². The molecule has 0 unspecified atom stereocenters. The highest BCUT2D eigenvalue weighted by molar-refractivity contribution is 5.89. The second-order valence-corrected chi connectivity index (χ2v) is 6.69. The van der Waals surface area contributed by atoms with Gasteiger partial charge in [-0.25, -0.2) is 4.79 Å². The average Bonchev–Trinajstić information content (AvgIpc) is 3.12. The van der Waals surface area contributed by atoms with Crippen LogP contribution in [-0.2, 0) is 6.54 Å². The van der Waals surface area contributed by atoms with Crippen molar-refractivity contribution in [1.82, 2.24) is 9.80 Å². The van der Waals surface area contributed by atoms with Gasteiger partial charge in [0.25, 0.3) is 0 Å². The number of benzene rings is 2. The lowest BCUT2D eigenvalue weighted by Crippen LogP contribution is -2.49. The van der Waals surface area contributed by atoms with Gasteiger partial charge in [0.15, 0.2) is 11.5 Å². The first-order valence-corrected chi connectivity index (χ1v) is 8.91. The van der Waals surface area contributed by atoms with Crippen LogP contribution < -0.4 is 14.8 Å². The van der Waals surface area contributed by atoms with Gasteiger partial charge in [0.2, 0.25) is 6.79 Å². The highest BCUT2D eigenvalue weighted by Gasteiger charge is 2.22. The van der Waals surface area contributed by atoms with Gasteiger partial charge in [-0.2, -0.15) is 0 Å². The first-order chi connectivity index (χ1) is 12.7. The molecule has 0 spiro atoms. The van der Waals surface area contributed by atoms with E-state index in [2.05, 4.69) is 41.4 Å². The molecule has 0 radical (unpaired) electrons. The lowest BCUT2D eigenvalue weighted by molar-refractivity contribution is 0.143. The van der Waals surface area contributed by atoms with Crippen LogP contribution in [0, 0.1) is 6.92 Å². The number of amides is 2. The van der Waals surface area contributed by atoms with Crippen LogP contribution in [-0.4, -0.2) is 48.8 Å². The van der Waals surface area contributed by atoms with Gasteiger partial charge < -0.3 is 19.7 Å². The number of aryl methyl sites for hydroxylation is 1. The standard InChI is InChI=1S/C20H23N3O3/c1-15-4-2-3-5-16(15)13-22-8-10-23(11-9-22)20(24)21-17-6-7-18-19(12-17)26-14-25-18/h2-7,12H,8-11,13-14H2,1H3,(H,21,24). The number of anilines is 1. The van der Waals surface area contributed by atoms with Crippen molar-refractivity contribution in [3.63, 3.8) is 0 Å². The fraction of sp³-hybridized carbons (Fsp3) is 0.350. The molecular weight excluding hydrogens is 330 g/mol. The first kappa shape index (κ1) is 16.7. The molecule has 26 heavy (non-hydrogen) atoms. The van der Waals surface area contributed by atoms with Crippen molar-refractivity contribution in [3.05, 3.63) is 53.6 Å². The quantitative estimate of drug-likeness (QED) is 0.921. The Hall–Kier alpha value is -2.73. The normalized spacial score (nSPS) is 16.6. The van der Waals surface area contributed by atoms with Crippen LogP contribution in [0.15, 0.2) is 42.5 Å². The van der Waals surface area contributed by atoms with E-state index in [0.717, 1.165) is 38.4 Å². The molecular formula is C20H23N3O3.